The molecule has 2 heterocycles. The summed E-state index contributed by atoms with van der Waals surface area (Å²) in [6.45, 7) is 18.4. The molecule has 62 heavy (non-hydrogen) atoms. The van der Waals surface area contributed by atoms with Gasteiger partial charge in [0.2, 0.25) is 0 Å². The fourth-order valence-electron chi connectivity index (χ4n) is 7.96. The molecule has 0 aromatic heterocycles. The van der Waals surface area contributed by atoms with Crippen molar-refractivity contribution in [2.75, 3.05) is 45.4 Å². The van der Waals surface area contributed by atoms with E-state index in [1.54, 1.807) is 45.9 Å². The summed E-state index contributed by atoms with van der Waals surface area (Å²) in [4.78, 5) is 16.3. The summed E-state index contributed by atoms with van der Waals surface area (Å²) in [5.74, 6) is -0.795. The van der Waals surface area contributed by atoms with E-state index < -0.39 is 42.4 Å². The summed E-state index contributed by atoms with van der Waals surface area (Å²) in [6, 6.07) is 12.9. The van der Waals surface area contributed by atoms with Crippen LogP contribution in [-0.2, 0) is 31.3 Å². The molecule has 0 aliphatic carbocycles. The normalized spacial score (nSPS) is 14.7. The van der Waals surface area contributed by atoms with E-state index in [1.807, 2.05) is 32.9 Å². The smallest absolute Gasteiger partial charge is 0.407 e. The molecular formula is C45H59Cl2N5O8S2. The number of aryl methyl sites for hydroxylation is 4. The van der Waals surface area contributed by atoms with Gasteiger partial charge in [-0.25, -0.2) is 21.6 Å². The number of benzene rings is 4. The predicted molar refractivity (Wildman–Crippen MR) is 250 cm³/mol. The van der Waals surface area contributed by atoms with Crippen LogP contribution in [0.3, 0.4) is 0 Å². The number of piperidine rings is 2. The molecule has 338 valence electrons. The van der Waals surface area contributed by atoms with Crippen LogP contribution in [0.25, 0.3) is 0 Å². The van der Waals surface area contributed by atoms with Crippen LogP contribution in [-0.4, -0.2) is 64.9 Å². The zero-order valence-corrected chi connectivity index (χ0v) is 39.9. The molecule has 1 amide bonds. The summed E-state index contributed by atoms with van der Waals surface area (Å²) < 4.78 is 63.2. The lowest BCUT2D eigenvalue weighted by Gasteiger charge is -2.33. The second-order valence-electron chi connectivity index (χ2n) is 17.0. The average molecular weight is 933 g/mol. The Morgan fingerprint density at radius 3 is 1.92 bits per heavy atom. The number of nitrogens with zero attached hydrogens (tertiary/aromatic N) is 2. The van der Waals surface area contributed by atoms with Gasteiger partial charge in [-0.1, -0.05) is 41.4 Å². The highest BCUT2D eigenvalue weighted by Crippen LogP contribution is 2.39. The lowest BCUT2D eigenvalue weighted by atomic mass is 9.99. The molecule has 0 bridgehead atoms. The first-order chi connectivity index (χ1) is 29.0. The zero-order valence-electron chi connectivity index (χ0n) is 36.7. The van der Waals surface area contributed by atoms with Gasteiger partial charge in [-0.05, 0) is 152 Å². The first-order valence-electron chi connectivity index (χ1n) is 20.7. The fourth-order valence-corrected chi connectivity index (χ4v) is 11.3. The standard InChI is InChI=1S/C23H29Cl2N3O5S.C22H30N2O3S/c1-23(2,3)33-22(30)26-14-16-18(8-7-9-19(16)28-10-5-4-6-11-28)27-34(31,32)20-13-15(24)12-17(25)21(20)29;1-14-11-17(4)22(25)19(12-14)28(26,27)23-20-15(2)13-16(3)21(18(20)5)24-9-7-6-8-10-24/h7-9,12-13,27,29H,4-6,10-11,14H2,1-3H3,(H,26,30);11-13,23,25H,6-10H2,1-5H3. The molecule has 2 fully saturated rings. The maximum Gasteiger partial charge on any atom is 0.407 e. The molecule has 6 rings (SSSR count). The largest absolute Gasteiger partial charge is 0.506 e. The van der Waals surface area contributed by atoms with Crippen LogP contribution in [0.4, 0.5) is 27.5 Å². The maximum atomic E-state index is 13.2. The fraction of sp³-hybridized carbons (Fsp3) is 0.444. The number of carbonyl (C=O) groups is 1. The van der Waals surface area contributed by atoms with Crippen LogP contribution < -0.4 is 24.6 Å². The summed E-state index contributed by atoms with van der Waals surface area (Å²) >= 11 is 11.9. The number of alkyl carbamates (subject to hydrolysis) is 1. The number of phenolic OH excluding ortho intramolecular Hbond substituents is 2. The Morgan fingerprint density at radius 2 is 1.31 bits per heavy atom. The molecular weight excluding hydrogens is 874 g/mol. The average Bonchev–Trinajstić information content (AvgIpc) is 3.18. The molecule has 0 spiro atoms. The Bertz CT molecular complexity index is 2520. The number of nitrogens with one attached hydrogen (secondary N) is 3. The van der Waals surface area contributed by atoms with Crippen molar-refractivity contribution >= 4 is 72.1 Å². The minimum Gasteiger partial charge on any atom is -0.506 e. The van der Waals surface area contributed by atoms with Crippen molar-refractivity contribution in [3.8, 4) is 11.5 Å². The number of carbonyl (C=O) groups excluding carboxylic acids is 1. The molecule has 4 aromatic rings. The SMILES string of the molecule is CC(C)(C)OC(=O)NCc1c(NS(=O)(=O)c2cc(Cl)cc(Cl)c2O)cccc1N1CCCCC1.Cc1cc(C)c(O)c(S(=O)(=O)Nc2c(C)cc(C)c(N3CCCCC3)c2C)c1. The van der Waals surface area contributed by atoms with Gasteiger partial charge in [0.05, 0.1) is 22.9 Å². The number of amides is 1. The van der Waals surface area contributed by atoms with Gasteiger partial charge in [-0.2, -0.15) is 0 Å². The second-order valence-corrected chi connectivity index (χ2v) is 21.1. The number of phenols is 2. The van der Waals surface area contributed by atoms with Crippen molar-refractivity contribution in [3.05, 3.63) is 92.0 Å². The first kappa shape index (κ1) is 48.5. The molecule has 4 aromatic carbocycles. The number of aromatic hydroxyl groups is 2. The Labute approximate surface area is 376 Å². The van der Waals surface area contributed by atoms with Crippen molar-refractivity contribution in [1.29, 1.82) is 0 Å². The molecule has 0 saturated carbocycles. The number of sulfonamides is 2. The third kappa shape index (κ3) is 11.9. The van der Waals surface area contributed by atoms with E-state index in [0.29, 0.717) is 16.8 Å². The summed E-state index contributed by atoms with van der Waals surface area (Å²) in [6.07, 6.45) is 6.10. The number of halogens is 2. The van der Waals surface area contributed by atoms with E-state index in [2.05, 4.69) is 31.5 Å². The van der Waals surface area contributed by atoms with E-state index in [4.69, 9.17) is 27.9 Å². The Hall–Kier alpha value is -4.57. The third-order valence-corrected chi connectivity index (χ3v) is 14.0. The number of ether oxygens (including phenoxy) is 1. The minimum absolute atomic E-state index is 0.0295. The van der Waals surface area contributed by atoms with E-state index in [9.17, 15) is 31.8 Å². The van der Waals surface area contributed by atoms with Gasteiger partial charge in [0.1, 0.15) is 21.1 Å². The molecule has 0 atom stereocenters. The number of hydrogen-bond acceptors (Lipinski definition) is 10. The van der Waals surface area contributed by atoms with Crippen LogP contribution in [0.5, 0.6) is 11.5 Å². The van der Waals surface area contributed by atoms with Crippen LogP contribution >= 0.6 is 23.2 Å². The molecule has 5 N–H and O–H groups in total. The number of anilines is 4. The summed E-state index contributed by atoms with van der Waals surface area (Å²) in [5.41, 5.74) is 7.00. The second kappa shape index (κ2) is 19.9. The highest BCUT2D eigenvalue weighted by molar-refractivity contribution is 7.93. The molecule has 0 unspecified atom stereocenters. The van der Waals surface area contributed by atoms with Crippen molar-refractivity contribution in [2.45, 2.75) is 116 Å². The third-order valence-electron chi connectivity index (χ3n) is 10.7. The predicted octanol–water partition coefficient (Wildman–Crippen LogP) is 10.2. The Kier molecular flexibility index (Phi) is 15.5. The molecule has 2 aliphatic heterocycles. The van der Waals surface area contributed by atoms with Gasteiger partial charge < -0.3 is 30.1 Å². The minimum atomic E-state index is -4.26. The number of hydrogen-bond donors (Lipinski definition) is 5. The van der Waals surface area contributed by atoms with Crippen molar-refractivity contribution in [3.63, 3.8) is 0 Å². The summed E-state index contributed by atoms with van der Waals surface area (Å²) in [5, 5.41) is 23.2. The van der Waals surface area contributed by atoms with Crippen molar-refractivity contribution < 1.29 is 36.6 Å². The van der Waals surface area contributed by atoms with E-state index in [1.165, 1.54) is 18.6 Å². The topological polar surface area (TPSA) is 178 Å². The van der Waals surface area contributed by atoms with Crippen LogP contribution in [0.1, 0.15) is 92.7 Å². The lowest BCUT2D eigenvalue weighted by Crippen LogP contribution is -2.34. The van der Waals surface area contributed by atoms with Crippen LogP contribution in [0.2, 0.25) is 10.0 Å². The van der Waals surface area contributed by atoms with E-state index in [-0.39, 0.29) is 32.9 Å². The zero-order chi connectivity index (χ0) is 45.7. The highest BCUT2D eigenvalue weighted by atomic mass is 35.5. The van der Waals surface area contributed by atoms with E-state index in [0.717, 1.165) is 98.0 Å². The monoisotopic (exact) mass is 931 g/mol. The molecule has 2 aliphatic rings. The maximum absolute atomic E-state index is 13.2. The summed E-state index contributed by atoms with van der Waals surface area (Å²) in [7, 11) is -8.17. The molecule has 0 radical (unpaired) electrons. The highest BCUT2D eigenvalue weighted by Gasteiger charge is 2.27. The Morgan fingerprint density at radius 1 is 0.726 bits per heavy atom. The van der Waals surface area contributed by atoms with Crippen molar-refractivity contribution in [2.24, 2.45) is 0 Å². The lowest BCUT2D eigenvalue weighted by molar-refractivity contribution is 0.0523. The van der Waals surface area contributed by atoms with Gasteiger partial charge in [0.25, 0.3) is 20.0 Å². The molecule has 17 heteroatoms. The molecule has 13 nitrogen and oxygen atoms in total. The quantitative estimate of drug-likeness (QED) is 0.103. The van der Waals surface area contributed by atoms with Gasteiger partial charge in [-0.15, -0.1) is 0 Å². The van der Waals surface area contributed by atoms with Gasteiger partial charge >= 0.3 is 6.09 Å². The van der Waals surface area contributed by atoms with E-state index >= 15 is 0 Å². The Balaban J connectivity index is 0.000000238. The van der Waals surface area contributed by atoms with Crippen LogP contribution in [0, 0.1) is 34.6 Å². The first-order valence-corrected chi connectivity index (χ1v) is 24.4. The van der Waals surface area contributed by atoms with Gasteiger partial charge in [-0.3, -0.25) is 9.44 Å². The van der Waals surface area contributed by atoms with Crippen molar-refractivity contribution in [1.82, 2.24) is 5.32 Å². The number of rotatable bonds is 10. The van der Waals surface area contributed by atoms with Gasteiger partial charge in [0, 0.05) is 48.1 Å². The van der Waals surface area contributed by atoms with Crippen LogP contribution in [0.15, 0.2) is 58.3 Å². The van der Waals surface area contributed by atoms with Gasteiger partial charge in [0.15, 0.2) is 5.75 Å². The molecule has 2 saturated heterocycles.